The molecular formula is C19H19N5OS2. The van der Waals surface area contributed by atoms with Gasteiger partial charge in [0.05, 0.1) is 11.4 Å². The molecule has 0 unspecified atom stereocenters. The molecule has 0 saturated heterocycles. The first-order chi connectivity index (χ1) is 13.1. The van der Waals surface area contributed by atoms with Gasteiger partial charge >= 0.3 is 0 Å². The molecule has 1 aromatic carbocycles. The predicted octanol–water partition coefficient (Wildman–Crippen LogP) is 3.80. The van der Waals surface area contributed by atoms with Crippen molar-refractivity contribution in [2.45, 2.75) is 12.1 Å². The van der Waals surface area contributed by atoms with Crippen molar-refractivity contribution in [3.8, 4) is 11.3 Å². The zero-order valence-electron chi connectivity index (χ0n) is 14.8. The van der Waals surface area contributed by atoms with E-state index in [-0.39, 0.29) is 11.7 Å². The molecule has 0 fully saturated rings. The van der Waals surface area contributed by atoms with Crippen molar-refractivity contribution in [1.82, 2.24) is 15.0 Å². The molecule has 3 rings (SSSR count). The summed E-state index contributed by atoms with van der Waals surface area (Å²) in [7, 11) is 0. The first kappa shape index (κ1) is 19.1. The van der Waals surface area contributed by atoms with E-state index in [1.165, 1.54) is 23.1 Å². The van der Waals surface area contributed by atoms with Crippen LogP contribution in [-0.2, 0) is 4.79 Å². The number of nitrogen functional groups attached to an aromatic ring is 1. The van der Waals surface area contributed by atoms with E-state index < -0.39 is 0 Å². The molecule has 1 amide bonds. The minimum Gasteiger partial charge on any atom is -0.384 e. The Morgan fingerprint density at radius 1 is 1.30 bits per heavy atom. The summed E-state index contributed by atoms with van der Waals surface area (Å²) >= 11 is 2.69. The molecule has 0 bridgehead atoms. The maximum Gasteiger partial charge on any atom is 0.239 e. The molecule has 0 atom stereocenters. The van der Waals surface area contributed by atoms with Crippen LogP contribution < -0.4 is 10.6 Å². The second-order valence-corrected chi connectivity index (χ2v) is 7.46. The van der Waals surface area contributed by atoms with Gasteiger partial charge in [-0.05, 0) is 6.92 Å². The molecule has 138 valence electrons. The van der Waals surface area contributed by atoms with Crippen molar-refractivity contribution in [2.75, 3.05) is 22.9 Å². The quantitative estimate of drug-likeness (QED) is 0.371. The largest absolute Gasteiger partial charge is 0.384 e. The highest BCUT2D eigenvalue weighted by Crippen LogP contribution is 2.28. The normalized spacial score (nSPS) is 10.6. The van der Waals surface area contributed by atoms with Crippen LogP contribution in [0.5, 0.6) is 0 Å². The summed E-state index contributed by atoms with van der Waals surface area (Å²) in [4.78, 5) is 27.4. The number of carbonyl (C=O) groups excluding carboxylic acids is 1. The summed E-state index contributed by atoms with van der Waals surface area (Å²) in [6, 6.07) is 11.6. The number of hydrogen-bond donors (Lipinski definition) is 1. The van der Waals surface area contributed by atoms with E-state index in [0.717, 1.165) is 17.0 Å². The third-order valence-electron chi connectivity index (χ3n) is 3.58. The van der Waals surface area contributed by atoms with Gasteiger partial charge in [0.1, 0.15) is 5.82 Å². The number of carbonyl (C=O) groups is 1. The predicted molar refractivity (Wildman–Crippen MR) is 112 cm³/mol. The lowest BCUT2D eigenvalue weighted by molar-refractivity contribution is -0.116. The van der Waals surface area contributed by atoms with Crippen molar-refractivity contribution in [3.05, 3.63) is 60.1 Å². The van der Waals surface area contributed by atoms with Crippen LogP contribution in [0.2, 0.25) is 0 Å². The van der Waals surface area contributed by atoms with Crippen molar-refractivity contribution < 1.29 is 4.79 Å². The topological polar surface area (TPSA) is 85.0 Å². The number of thiazole rings is 1. The lowest BCUT2D eigenvalue weighted by Crippen LogP contribution is -2.32. The minimum atomic E-state index is -0.0856. The number of aromatic nitrogens is 3. The van der Waals surface area contributed by atoms with Crippen LogP contribution in [0.15, 0.2) is 59.6 Å². The Balaban J connectivity index is 1.74. The van der Waals surface area contributed by atoms with Gasteiger partial charge in [0.2, 0.25) is 5.91 Å². The van der Waals surface area contributed by atoms with Gasteiger partial charge < -0.3 is 5.73 Å². The SMILES string of the molecule is C=CCN(C(=O)CSc1nc(C)cc(N)n1)c1nc(-c2ccccc2)cs1. The molecule has 0 saturated carbocycles. The Labute approximate surface area is 166 Å². The zero-order chi connectivity index (χ0) is 19.2. The summed E-state index contributed by atoms with van der Waals surface area (Å²) in [6.07, 6.45) is 1.69. The van der Waals surface area contributed by atoms with E-state index in [1.807, 2.05) is 42.6 Å². The molecule has 2 N–H and O–H groups in total. The maximum absolute atomic E-state index is 12.8. The van der Waals surface area contributed by atoms with E-state index in [4.69, 9.17) is 5.73 Å². The smallest absolute Gasteiger partial charge is 0.239 e. The maximum atomic E-state index is 12.8. The fraction of sp³-hybridized carbons (Fsp3) is 0.158. The van der Waals surface area contributed by atoms with Crippen LogP contribution in [-0.4, -0.2) is 33.2 Å². The van der Waals surface area contributed by atoms with Crippen LogP contribution >= 0.6 is 23.1 Å². The molecule has 2 heterocycles. The summed E-state index contributed by atoms with van der Waals surface area (Å²) in [5.74, 6) is 0.502. The lowest BCUT2D eigenvalue weighted by Gasteiger charge is -2.17. The number of aryl methyl sites for hydroxylation is 1. The van der Waals surface area contributed by atoms with Crippen LogP contribution in [0.4, 0.5) is 10.9 Å². The molecule has 0 radical (unpaired) electrons. The first-order valence-electron chi connectivity index (χ1n) is 8.23. The zero-order valence-corrected chi connectivity index (χ0v) is 16.5. The standard InChI is InChI=1S/C19H19N5OS2/c1-3-9-24(17(25)12-26-18-21-13(2)10-16(20)23-18)19-22-15(11-27-19)14-7-5-4-6-8-14/h3-8,10-11H,1,9,12H2,2H3,(H2,20,21,23). The van der Waals surface area contributed by atoms with Crippen LogP contribution in [0.1, 0.15) is 5.69 Å². The number of hydrogen-bond acceptors (Lipinski definition) is 7. The molecule has 2 aromatic heterocycles. The molecule has 0 aliphatic heterocycles. The van der Waals surface area contributed by atoms with Crippen molar-refractivity contribution in [3.63, 3.8) is 0 Å². The van der Waals surface area contributed by atoms with Gasteiger partial charge in [-0.15, -0.1) is 17.9 Å². The second-order valence-electron chi connectivity index (χ2n) is 5.68. The highest BCUT2D eigenvalue weighted by molar-refractivity contribution is 7.99. The van der Waals surface area contributed by atoms with Gasteiger partial charge in [-0.1, -0.05) is 48.2 Å². The Morgan fingerprint density at radius 3 is 2.78 bits per heavy atom. The highest BCUT2D eigenvalue weighted by atomic mass is 32.2. The fourth-order valence-electron chi connectivity index (χ4n) is 2.38. The van der Waals surface area contributed by atoms with E-state index in [2.05, 4.69) is 21.5 Å². The van der Waals surface area contributed by atoms with Crippen molar-refractivity contribution in [1.29, 1.82) is 0 Å². The minimum absolute atomic E-state index is 0.0856. The summed E-state index contributed by atoms with van der Waals surface area (Å²) < 4.78 is 0. The van der Waals surface area contributed by atoms with E-state index in [0.29, 0.717) is 22.7 Å². The third-order valence-corrected chi connectivity index (χ3v) is 5.28. The molecule has 3 aromatic rings. The number of rotatable bonds is 7. The van der Waals surface area contributed by atoms with Gasteiger partial charge in [-0.2, -0.15) is 0 Å². The summed E-state index contributed by atoms with van der Waals surface area (Å²) in [6.45, 7) is 5.98. The summed E-state index contributed by atoms with van der Waals surface area (Å²) in [5.41, 5.74) is 8.38. The Morgan fingerprint density at radius 2 is 2.07 bits per heavy atom. The average molecular weight is 398 g/mol. The van der Waals surface area contributed by atoms with Gasteiger partial charge in [-0.3, -0.25) is 9.69 Å². The molecule has 0 spiro atoms. The molecule has 6 nitrogen and oxygen atoms in total. The van der Waals surface area contributed by atoms with Gasteiger partial charge in [0.25, 0.3) is 0 Å². The molecule has 8 heteroatoms. The summed E-state index contributed by atoms with van der Waals surface area (Å²) in [5, 5.41) is 3.08. The molecule has 0 aliphatic rings. The average Bonchev–Trinajstić information content (AvgIpc) is 3.14. The van der Waals surface area contributed by atoms with Crippen molar-refractivity contribution in [2.24, 2.45) is 0 Å². The second kappa shape index (κ2) is 8.79. The van der Waals surface area contributed by atoms with Gasteiger partial charge in [0, 0.05) is 29.2 Å². The van der Waals surface area contributed by atoms with E-state index in [1.54, 1.807) is 17.0 Å². The van der Waals surface area contributed by atoms with Crippen LogP contribution in [0.25, 0.3) is 11.3 Å². The number of thioether (sulfide) groups is 1. The van der Waals surface area contributed by atoms with Gasteiger partial charge in [-0.25, -0.2) is 15.0 Å². The number of benzene rings is 1. The number of nitrogens with zero attached hydrogens (tertiary/aromatic N) is 4. The fourth-order valence-corrected chi connectivity index (χ4v) is 4.03. The van der Waals surface area contributed by atoms with E-state index in [9.17, 15) is 4.79 Å². The Bertz CT molecular complexity index is 922. The Kier molecular flexibility index (Phi) is 6.20. The Hall–Kier alpha value is -2.71. The molecular weight excluding hydrogens is 378 g/mol. The molecule has 27 heavy (non-hydrogen) atoms. The monoisotopic (exact) mass is 397 g/mol. The third kappa shape index (κ3) is 4.93. The van der Waals surface area contributed by atoms with Crippen LogP contribution in [0, 0.1) is 6.92 Å². The highest BCUT2D eigenvalue weighted by Gasteiger charge is 2.19. The molecule has 0 aliphatic carbocycles. The van der Waals surface area contributed by atoms with Gasteiger partial charge in [0.15, 0.2) is 10.3 Å². The van der Waals surface area contributed by atoms with Crippen LogP contribution in [0.3, 0.4) is 0 Å². The van der Waals surface area contributed by atoms with E-state index >= 15 is 0 Å². The number of nitrogens with two attached hydrogens (primary N) is 1. The first-order valence-corrected chi connectivity index (χ1v) is 10.1. The number of anilines is 2. The number of amides is 1. The van der Waals surface area contributed by atoms with Crippen molar-refractivity contribution >= 4 is 40.0 Å². The lowest BCUT2D eigenvalue weighted by atomic mass is 10.2.